The van der Waals surface area contributed by atoms with E-state index in [4.69, 9.17) is 0 Å². The molecule has 0 aliphatic carbocycles. The van der Waals surface area contributed by atoms with E-state index < -0.39 is 0 Å². The summed E-state index contributed by atoms with van der Waals surface area (Å²) in [5, 5.41) is 0. The van der Waals surface area contributed by atoms with E-state index in [0.29, 0.717) is 0 Å². The Kier molecular flexibility index (Phi) is 4.56. The molecular formula is C16H20S4. The van der Waals surface area contributed by atoms with Gasteiger partial charge in [-0.25, -0.2) is 0 Å². The number of thioether (sulfide) groups is 2. The van der Waals surface area contributed by atoms with Crippen molar-refractivity contribution in [2.75, 3.05) is 0 Å². The Morgan fingerprint density at radius 1 is 0.500 bits per heavy atom. The molecule has 2 aromatic rings. The van der Waals surface area contributed by atoms with Crippen LogP contribution in [0.2, 0.25) is 0 Å². The third-order valence-corrected chi connectivity index (χ3v) is 8.21. The molecule has 0 fully saturated rings. The predicted molar refractivity (Wildman–Crippen MR) is 97.6 cm³/mol. The van der Waals surface area contributed by atoms with Crippen molar-refractivity contribution in [2.45, 2.75) is 50.7 Å². The summed E-state index contributed by atoms with van der Waals surface area (Å²) in [4.78, 5) is 6.13. The van der Waals surface area contributed by atoms with Gasteiger partial charge in [0.2, 0.25) is 0 Å². The fourth-order valence-corrected chi connectivity index (χ4v) is 7.96. The molecule has 0 unspecified atom stereocenters. The minimum absolute atomic E-state index is 1.18. The van der Waals surface area contributed by atoms with Crippen LogP contribution in [0, 0.1) is 27.7 Å². The van der Waals surface area contributed by atoms with Gasteiger partial charge in [-0.2, -0.15) is 23.5 Å². The minimum atomic E-state index is 1.18. The Bertz CT molecular complexity index is 528. The number of hydrogen-bond acceptors (Lipinski definition) is 4. The Hall–Kier alpha value is 0.1000. The van der Waals surface area contributed by atoms with Crippen molar-refractivity contribution in [1.29, 1.82) is 0 Å². The first-order chi connectivity index (χ1) is 9.58. The van der Waals surface area contributed by atoms with Gasteiger partial charge < -0.3 is 0 Å². The highest BCUT2D eigenvalue weighted by molar-refractivity contribution is 7.98. The molecule has 0 nitrogen and oxygen atoms in total. The van der Waals surface area contributed by atoms with Gasteiger partial charge in [0.15, 0.2) is 0 Å². The molecule has 0 saturated carbocycles. The molecule has 0 bridgehead atoms. The van der Waals surface area contributed by atoms with Crippen LogP contribution in [0.25, 0.3) is 0 Å². The molecule has 0 N–H and O–H groups in total. The summed E-state index contributed by atoms with van der Waals surface area (Å²) in [6.07, 6.45) is 0. The van der Waals surface area contributed by atoms with Crippen molar-refractivity contribution in [2.24, 2.45) is 0 Å². The molecule has 0 saturated heterocycles. The fourth-order valence-electron chi connectivity index (χ4n) is 2.82. The first-order valence-electron chi connectivity index (χ1n) is 6.89. The fraction of sp³-hybridized carbons (Fsp3) is 0.500. The summed E-state index contributed by atoms with van der Waals surface area (Å²) in [6.45, 7) is 9.16. The van der Waals surface area contributed by atoms with E-state index in [1.54, 1.807) is 22.3 Å². The SMILES string of the molecule is Cc1sc(C)c2c1CSCc1c(C)sc(C)c1CSC2. The van der Waals surface area contributed by atoms with Crippen LogP contribution in [0.15, 0.2) is 0 Å². The van der Waals surface area contributed by atoms with E-state index in [0.717, 1.165) is 0 Å². The number of fused-ring (bicyclic) bond motifs is 2. The van der Waals surface area contributed by atoms with E-state index >= 15 is 0 Å². The Morgan fingerprint density at radius 3 is 1.00 bits per heavy atom. The van der Waals surface area contributed by atoms with Crippen LogP contribution < -0.4 is 0 Å². The van der Waals surface area contributed by atoms with E-state index in [2.05, 4.69) is 51.2 Å². The summed E-state index contributed by atoms with van der Waals surface area (Å²) in [5.41, 5.74) is 6.49. The zero-order valence-corrected chi connectivity index (χ0v) is 15.7. The molecule has 108 valence electrons. The zero-order valence-electron chi connectivity index (χ0n) is 12.5. The summed E-state index contributed by atoms with van der Waals surface area (Å²) in [5.74, 6) is 4.72. The van der Waals surface area contributed by atoms with Crippen molar-refractivity contribution in [1.82, 2.24) is 0 Å². The molecular weight excluding hydrogens is 320 g/mol. The Morgan fingerprint density at radius 2 is 0.750 bits per heavy atom. The van der Waals surface area contributed by atoms with Crippen molar-refractivity contribution < 1.29 is 0 Å². The van der Waals surface area contributed by atoms with E-state index in [1.807, 2.05) is 22.7 Å². The molecule has 3 rings (SSSR count). The lowest BCUT2D eigenvalue weighted by molar-refractivity contribution is 1.21. The van der Waals surface area contributed by atoms with Gasteiger partial charge in [0.1, 0.15) is 0 Å². The second-order valence-electron chi connectivity index (χ2n) is 5.33. The molecule has 0 atom stereocenters. The molecule has 4 heteroatoms. The highest BCUT2D eigenvalue weighted by atomic mass is 32.2. The third-order valence-electron chi connectivity index (χ3n) is 4.03. The van der Waals surface area contributed by atoms with E-state index in [9.17, 15) is 0 Å². The summed E-state index contributed by atoms with van der Waals surface area (Å²) < 4.78 is 0. The first-order valence-corrected chi connectivity index (χ1v) is 10.8. The molecule has 1 aliphatic heterocycles. The van der Waals surface area contributed by atoms with Gasteiger partial charge in [-0.3, -0.25) is 0 Å². The second kappa shape index (κ2) is 6.07. The summed E-state index contributed by atoms with van der Waals surface area (Å²) >= 11 is 8.16. The lowest BCUT2D eigenvalue weighted by Gasteiger charge is -2.12. The maximum Gasteiger partial charge on any atom is 0.0201 e. The molecule has 3 heterocycles. The molecule has 0 spiro atoms. The van der Waals surface area contributed by atoms with Crippen LogP contribution in [-0.4, -0.2) is 0 Å². The van der Waals surface area contributed by atoms with Crippen molar-refractivity contribution in [3.63, 3.8) is 0 Å². The van der Waals surface area contributed by atoms with Crippen LogP contribution in [0.3, 0.4) is 0 Å². The number of aryl methyl sites for hydroxylation is 4. The molecule has 20 heavy (non-hydrogen) atoms. The molecule has 0 aromatic carbocycles. The van der Waals surface area contributed by atoms with Crippen LogP contribution in [0.4, 0.5) is 0 Å². The molecule has 0 amide bonds. The zero-order chi connectivity index (χ0) is 14.3. The normalized spacial score (nSPS) is 15.8. The van der Waals surface area contributed by atoms with Crippen LogP contribution in [0.5, 0.6) is 0 Å². The third kappa shape index (κ3) is 2.72. The summed E-state index contributed by atoms with van der Waals surface area (Å²) in [6, 6.07) is 0. The topological polar surface area (TPSA) is 0 Å². The highest BCUT2D eigenvalue weighted by Crippen LogP contribution is 2.39. The van der Waals surface area contributed by atoms with Gasteiger partial charge in [0.25, 0.3) is 0 Å². The first kappa shape index (κ1) is 15.0. The standard InChI is InChI=1S/C16H20S4/c1-9-13-5-17-7-15-11(3)20-12(4)16(15)8-18-6-14(13)10(2)19-9/h5-8H2,1-4H3. The van der Waals surface area contributed by atoms with Gasteiger partial charge in [-0.15, -0.1) is 22.7 Å². The molecule has 0 radical (unpaired) electrons. The Labute approximate surface area is 138 Å². The second-order valence-corrected chi connectivity index (χ2v) is 10.2. The smallest absolute Gasteiger partial charge is 0.0201 e. The number of rotatable bonds is 0. The van der Waals surface area contributed by atoms with Gasteiger partial charge in [-0.1, -0.05) is 0 Å². The van der Waals surface area contributed by atoms with Gasteiger partial charge in [0, 0.05) is 42.5 Å². The maximum absolute atomic E-state index is 2.29. The molecule has 1 aliphatic rings. The van der Waals surface area contributed by atoms with Crippen molar-refractivity contribution >= 4 is 46.2 Å². The van der Waals surface area contributed by atoms with Crippen LogP contribution in [-0.2, 0) is 23.0 Å². The van der Waals surface area contributed by atoms with Crippen LogP contribution in [0.1, 0.15) is 41.8 Å². The highest BCUT2D eigenvalue weighted by Gasteiger charge is 2.18. The Balaban J connectivity index is 1.92. The monoisotopic (exact) mass is 340 g/mol. The quantitative estimate of drug-likeness (QED) is 0.558. The lowest BCUT2D eigenvalue weighted by atomic mass is 10.1. The average molecular weight is 341 g/mol. The van der Waals surface area contributed by atoms with E-state index in [1.165, 1.54) is 42.5 Å². The van der Waals surface area contributed by atoms with Crippen molar-refractivity contribution in [3.8, 4) is 0 Å². The number of hydrogen-bond donors (Lipinski definition) is 0. The van der Waals surface area contributed by atoms with Crippen molar-refractivity contribution in [3.05, 3.63) is 41.8 Å². The van der Waals surface area contributed by atoms with Gasteiger partial charge >= 0.3 is 0 Å². The number of thiophene rings is 2. The lowest BCUT2D eigenvalue weighted by Crippen LogP contribution is -1.96. The van der Waals surface area contributed by atoms with Crippen LogP contribution >= 0.6 is 46.2 Å². The minimum Gasteiger partial charge on any atom is -0.152 e. The van der Waals surface area contributed by atoms with Gasteiger partial charge in [-0.05, 0) is 49.9 Å². The maximum atomic E-state index is 2.29. The van der Waals surface area contributed by atoms with Gasteiger partial charge in [0.05, 0.1) is 0 Å². The summed E-state index contributed by atoms with van der Waals surface area (Å²) in [7, 11) is 0. The predicted octanol–water partition coefficient (Wildman–Crippen LogP) is 6.22. The molecule has 2 aromatic heterocycles. The van der Waals surface area contributed by atoms with E-state index in [-0.39, 0.29) is 0 Å². The average Bonchev–Trinajstić information content (AvgIpc) is 2.82. The largest absolute Gasteiger partial charge is 0.152 e.